The highest BCUT2D eigenvalue weighted by atomic mass is 32.2. The molecule has 0 saturated carbocycles. The molecule has 2 aromatic rings. The molecular formula is C9H10N2O3S3. The van der Waals surface area contributed by atoms with Crippen LogP contribution in [0.4, 0.5) is 0 Å². The number of fused-ring (bicyclic) bond motifs is 1. The lowest BCUT2D eigenvalue weighted by molar-refractivity contribution is 0.591. The summed E-state index contributed by atoms with van der Waals surface area (Å²) >= 11 is 6.43. The lowest BCUT2D eigenvalue weighted by atomic mass is 10.4. The molecule has 2 heterocycles. The highest BCUT2D eigenvalue weighted by Gasteiger charge is 2.09. The van der Waals surface area contributed by atoms with E-state index in [0.717, 1.165) is 11.1 Å². The minimum atomic E-state index is -3.11. The number of aromatic nitrogens is 2. The number of hydrogen-bond donors (Lipinski definition) is 1. The second-order valence-electron chi connectivity index (χ2n) is 3.68. The highest BCUT2D eigenvalue weighted by Crippen LogP contribution is 2.13. The zero-order valence-corrected chi connectivity index (χ0v) is 11.4. The number of nitrogens with zero attached hydrogens (tertiary/aromatic N) is 1. The van der Waals surface area contributed by atoms with E-state index in [1.165, 1.54) is 15.9 Å². The molecule has 0 saturated heterocycles. The minimum Gasteiger partial charge on any atom is -0.323 e. The van der Waals surface area contributed by atoms with Gasteiger partial charge in [-0.25, -0.2) is 8.42 Å². The topological polar surface area (TPSA) is 71.9 Å². The van der Waals surface area contributed by atoms with Gasteiger partial charge < -0.3 is 4.98 Å². The average molecular weight is 290 g/mol. The molecule has 0 fully saturated rings. The zero-order valence-electron chi connectivity index (χ0n) is 8.97. The van der Waals surface area contributed by atoms with Gasteiger partial charge in [0, 0.05) is 12.8 Å². The molecule has 0 aliphatic rings. The van der Waals surface area contributed by atoms with Crippen LogP contribution in [0.15, 0.2) is 16.2 Å². The third kappa shape index (κ3) is 2.64. The van der Waals surface area contributed by atoms with Crippen molar-refractivity contribution in [2.75, 3.05) is 12.0 Å². The van der Waals surface area contributed by atoms with Gasteiger partial charge in [0.2, 0.25) is 0 Å². The molecule has 2 aromatic heterocycles. The molecule has 92 valence electrons. The highest BCUT2D eigenvalue weighted by molar-refractivity contribution is 7.90. The molecule has 2 rings (SSSR count). The van der Waals surface area contributed by atoms with Gasteiger partial charge in [0.25, 0.3) is 5.56 Å². The number of rotatable bonds is 3. The van der Waals surface area contributed by atoms with Crippen LogP contribution in [0.1, 0.15) is 0 Å². The first-order chi connectivity index (χ1) is 7.88. The van der Waals surface area contributed by atoms with Gasteiger partial charge in [-0.15, -0.1) is 11.3 Å². The predicted octanol–water partition coefficient (Wildman–Crippen LogP) is 1.17. The van der Waals surface area contributed by atoms with E-state index in [1.54, 1.807) is 11.4 Å². The number of H-pyrrole nitrogens is 1. The summed E-state index contributed by atoms with van der Waals surface area (Å²) in [5.41, 5.74) is -0.242. The van der Waals surface area contributed by atoms with Crippen LogP contribution in [0.25, 0.3) is 10.2 Å². The Kier molecular flexibility index (Phi) is 3.19. The summed E-state index contributed by atoms with van der Waals surface area (Å²) in [5.74, 6) is -0.0972. The number of aromatic amines is 1. The number of nitrogens with one attached hydrogen (secondary N) is 1. The van der Waals surface area contributed by atoms with Gasteiger partial charge in [0.15, 0.2) is 4.77 Å². The number of sulfone groups is 1. The molecule has 0 amide bonds. The first-order valence-electron chi connectivity index (χ1n) is 4.76. The maximum atomic E-state index is 12.0. The molecule has 0 atom stereocenters. The van der Waals surface area contributed by atoms with Gasteiger partial charge in [-0.1, -0.05) is 0 Å². The van der Waals surface area contributed by atoms with E-state index < -0.39 is 9.84 Å². The molecule has 0 aliphatic carbocycles. The first kappa shape index (κ1) is 12.5. The van der Waals surface area contributed by atoms with Gasteiger partial charge in [0.1, 0.15) is 14.7 Å². The molecule has 5 nitrogen and oxygen atoms in total. The fourth-order valence-electron chi connectivity index (χ4n) is 1.44. The Morgan fingerprint density at radius 3 is 2.88 bits per heavy atom. The smallest absolute Gasteiger partial charge is 0.263 e. The normalized spacial score (nSPS) is 12.1. The van der Waals surface area contributed by atoms with Crippen LogP contribution in [-0.2, 0) is 16.4 Å². The third-order valence-electron chi connectivity index (χ3n) is 2.29. The van der Waals surface area contributed by atoms with Crippen LogP contribution < -0.4 is 5.56 Å². The summed E-state index contributed by atoms with van der Waals surface area (Å²) in [4.78, 5) is 15.7. The first-order valence-corrected chi connectivity index (χ1v) is 8.11. The zero-order chi connectivity index (χ0) is 12.6. The lowest BCUT2D eigenvalue weighted by Gasteiger charge is -2.05. The second-order valence-corrected chi connectivity index (χ2v) is 7.24. The van der Waals surface area contributed by atoms with Crippen molar-refractivity contribution in [2.24, 2.45) is 0 Å². The predicted molar refractivity (Wildman–Crippen MR) is 71.0 cm³/mol. The summed E-state index contributed by atoms with van der Waals surface area (Å²) in [7, 11) is -3.11. The Labute approximate surface area is 107 Å². The van der Waals surface area contributed by atoms with E-state index in [0.29, 0.717) is 5.39 Å². The van der Waals surface area contributed by atoms with Gasteiger partial charge in [-0.2, -0.15) is 0 Å². The standard InChI is InChI=1S/C9H10N2O3S3/c1-17(13,14)5-3-11-8(12)6-2-4-16-7(6)10-9(11)15/h2,4H,3,5H2,1H3,(H,10,15). The Morgan fingerprint density at radius 1 is 1.53 bits per heavy atom. The average Bonchev–Trinajstić information content (AvgIpc) is 2.63. The van der Waals surface area contributed by atoms with E-state index in [2.05, 4.69) is 4.98 Å². The van der Waals surface area contributed by atoms with Crippen molar-refractivity contribution < 1.29 is 8.42 Å². The second kappa shape index (κ2) is 4.35. The largest absolute Gasteiger partial charge is 0.323 e. The minimum absolute atomic E-state index is 0.0821. The molecule has 0 aliphatic heterocycles. The quantitative estimate of drug-likeness (QED) is 0.861. The Balaban J connectivity index is 2.54. The van der Waals surface area contributed by atoms with Crippen LogP contribution >= 0.6 is 23.6 Å². The molecule has 8 heteroatoms. The van der Waals surface area contributed by atoms with Crippen LogP contribution in [-0.4, -0.2) is 30.0 Å². The molecule has 0 unspecified atom stereocenters. The van der Waals surface area contributed by atoms with Gasteiger partial charge >= 0.3 is 0 Å². The lowest BCUT2D eigenvalue weighted by Crippen LogP contribution is -2.25. The Bertz CT molecular complexity index is 767. The SMILES string of the molecule is CS(=O)(=O)CCn1c(=S)[nH]c2sccc2c1=O. The van der Waals surface area contributed by atoms with Crippen LogP contribution in [0.5, 0.6) is 0 Å². The summed E-state index contributed by atoms with van der Waals surface area (Å²) < 4.78 is 23.7. The molecule has 1 N–H and O–H groups in total. The van der Waals surface area contributed by atoms with Crippen molar-refractivity contribution in [3.63, 3.8) is 0 Å². The van der Waals surface area contributed by atoms with Crippen molar-refractivity contribution in [3.8, 4) is 0 Å². The summed E-state index contributed by atoms with van der Waals surface area (Å²) in [5, 5.41) is 2.33. The Morgan fingerprint density at radius 2 is 2.24 bits per heavy atom. The molecular weight excluding hydrogens is 280 g/mol. The van der Waals surface area contributed by atoms with E-state index in [-0.39, 0.29) is 22.6 Å². The maximum Gasteiger partial charge on any atom is 0.263 e. The van der Waals surface area contributed by atoms with Crippen LogP contribution in [0.3, 0.4) is 0 Å². The Hall–Kier alpha value is -0.990. The van der Waals surface area contributed by atoms with Crippen LogP contribution in [0, 0.1) is 4.77 Å². The van der Waals surface area contributed by atoms with Crippen molar-refractivity contribution in [1.29, 1.82) is 0 Å². The summed E-state index contributed by atoms with van der Waals surface area (Å²) in [6.45, 7) is 0.0821. The monoisotopic (exact) mass is 290 g/mol. The molecule has 0 bridgehead atoms. The van der Waals surface area contributed by atoms with E-state index in [1.807, 2.05) is 0 Å². The molecule has 0 spiro atoms. The summed E-state index contributed by atoms with van der Waals surface area (Å²) in [6, 6.07) is 1.70. The van der Waals surface area contributed by atoms with Crippen molar-refractivity contribution in [2.45, 2.75) is 6.54 Å². The van der Waals surface area contributed by atoms with Crippen molar-refractivity contribution >= 4 is 43.6 Å². The van der Waals surface area contributed by atoms with E-state index >= 15 is 0 Å². The number of hydrogen-bond acceptors (Lipinski definition) is 5. The van der Waals surface area contributed by atoms with E-state index in [9.17, 15) is 13.2 Å². The molecule has 17 heavy (non-hydrogen) atoms. The maximum absolute atomic E-state index is 12.0. The number of thiophene rings is 1. The molecule has 0 radical (unpaired) electrons. The van der Waals surface area contributed by atoms with Crippen molar-refractivity contribution in [1.82, 2.24) is 9.55 Å². The third-order valence-corrected chi connectivity index (χ3v) is 4.37. The van der Waals surface area contributed by atoms with Gasteiger partial charge in [0.05, 0.1) is 11.1 Å². The fourth-order valence-corrected chi connectivity index (χ4v) is 3.07. The van der Waals surface area contributed by atoms with Crippen LogP contribution in [0.2, 0.25) is 0 Å². The summed E-state index contributed by atoms with van der Waals surface area (Å²) in [6.07, 6.45) is 1.13. The van der Waals surface area contributed by atoms with Crippen molar-refractivity contribution in [3.05, 3.63) is 26.6 Å². The fraction of sp³-hybridized carbons (Fsp3) is 0.333. The molecule has 0 aromatic carbocycles. The van der Waals surface area contributed by atoms with E-state index in [4.69, 9.17) is 12.2 Å². The van der Waals surface area contributed by atoms with Gasteiger partial charge in [-0.3, -0.25) is 9.36 Å². The van der Waals surface area contributed by atoms with Gasteiger partial charge in [-0.05, 0) is 23.7 Å².